The van der Waals surface area contributed by atoms with E-state index in [0.717, 1.165) is 19.2 Å². The summed E-state index contributed by atoms with van der Waals surface area (Å²) in [5.74, 6) is -2.16. The van der Waals surface area contributed by atoms with Crippen LogP contribution in [0.1, 0.15) is 0 Å². The zero-order chi connectivity index (χ0) is 13.3. The Morgan fingerprint density at radius 2 is 1.76 bits per heavy atom. The van der Waals surface area contributed by atoms with Gasteiger partial charge in [-0.25, -0.2) is 4.39 Å². The largest absolute Gasteiger partial charge is 0.534 e. The maximum atomic E-state index is 12.7. The molecule has 0 saturated carbocycles. The first-order valence-corrected chi connectivity index (χ1v) is 5.42. The minimum atomic E-state index is -5.85. The summed E-state index contributed by atoms with van der Waals surface area (Å²) in [4.78, 5) is 0. The molecule has 0 atom stereocenters. The van der Waals surface area contributed by atoms with Crippen LogP contribution in [-0.4, -0.2) is 21.0 Å². The Kier molecular flexibility index (Phi) is 3.51. The first-order chi connectivity index (χ1) is 7.67. The molecule has 0 aliphatic carbocycles. The molecule has 1 aromatic rings. The third-order valence-electron chi connectivity index (χ3n) is 1.61. The van der Waals surface area contributed by atoms with E-state index in [-0.39, 0.29) is 5.75 Å². The molecule has 0 N–H and O–H groups in total. The molecule has 0 aliphatic heterocycles. The molecule has 1 aromatic carbocycles. The Morgan fingerprint density at radius 3 is 2.24 bits per heavy atom. The third kappa shape index (κ3) is 2.99. The van der Waals surface area contributed by atoms with Gasteiger partial charge in [-0.15, -0.1) is 0 Å². The van der Waals surface area contributed by atoms with Crippen LogP contribution in [0.3, 0.4) is 0 Å². The van der Waals surface area contributed by atoms with E-state index in [0.29, 0.717) is 6.07 Å². The molecule has 0 fully saturated rings. The fourth-order valence-electron chi connectivity index (χ4n) is 0.881. The summed E-state index contributed by atoms with van der Waals surface area (Å²) in [6, 6.07) is 2.30. The summed E-state index contributed by atoms with van der Waals surface area (Å²) >= 11 is 0. The first kappa shape index (κ1) is 13.6. The Balaban J connectivity index is 3.16. The van der Waals surface area contributed by atoms with E-state index in [1.54, 1.807) is 0 Å². The highest BCUT2D eigenvalue weighted by Crippen LogP contribution is 2.33. The summed E-state index contributed by atoms with van der Waals surface area (Å²) < 4.78 is 78.4. The molecule has 1 rings (SSSR count). The number of rotatable bonds is 3. The third-order valence-corrected chi connectivity index (χ3v) is 2.57. The van der Waals surface area contributed by atoms with Crippen molar-refractivity contribution in [1.82, 2.24) is 0 Å². The van der Waals surface area contributed by atoms with Crippen molar-refractivity contribution >= 4 is 10.1 Å². The van der Waals surface area contributed by atoms with Gasteiger partial charge in [0.2, 0.25) is 0 Å². The van der Waals surface area contributed by atoms with Gasteiger partial charge < -0.3 is 8.92 Å². The Bertz CT molecular complexity index is 509. The summed E-state index contributed by atoms with van der Waals surface area (Å²) in [6.45, 7) is 0. The van der Waals surface area contributed by atoms with Crippen LogP contribution < -0.4 is 8.92 Å². The molecular weight excluding hydrogens is 267 g/mol. The van der Waals surface area contributed by atoms with E-state index in [1.165, 1.54) is 0 Å². The van der Waals surface area contributed by atoms with Crippen LogP contribution in [0.15, 0.2) is 18.2 Å². The highest BCUT2D eigenvalue weighted by atomic mass is 32.2. The highest BCUT2D eigenvalue weighted by Gasteiger charge is 2.48. The number of hydrogen-bond acceptors (Lipinski definition) is 4. The standard InChI is InChI=1S/C8H6F4O4S/c1-15-6-3-2-5(9)4-7(6)16-17(13,14)8(10,11)12/h2-4H,1H3/i9-1. The molecule has 0 bridgehead atoms. The van der Waals surface area contributed by atoms with Crippen LogP contribution in [0.2, 0.25) is 0 Å². The van der Waals surface area contributed by atoms with E-state index in [9.17, 15) is 26.0 Å². The van der Waals surface area contributed by atoms with Crippen molar-refractivity contribution < 1.29 is 34.9 Å². The van der Waals surface area contributed by atoms with Gasteiger partial charge in [-0.1, -0.05) is 0 Å². The molecule has 17 heavy (non-hydrogen) atoms. The maximum Gasteiger partial charge on any atom is 0.534 e. The van der Waals surface area contributed by atoms with Crippen molar-refractivity contribution in [3.63, 3.8) is 0 Å². The van der Waals surface area contributed by atoms with Crippen molar-refractivity contribution in [2.75, 3.05) is 7.11 Å². The summed E-state index contributed by atoms with van der Waals surface area (Å²) in [5.41, 5.74) is -5.59. The zero-order valence-electron chi connectivity index (χ0n) is 8.29. The van der Waals surface area contributed by atoms with Crippen molar-refractivity contribution in [2.45, 2.75) is 5.51 Å². The molecule has 4 nitrogen and oxygen atoms in total. The number of benzene rings is 1. The van der Waals surface area contributed by atoms with Crippen LogP contribution in [0, 0.1) is 5.82 Å². The van der Waals surface area contributed by atoms with Crippen LogP contribution in [0.4, 0.5) is 17.6 Å². The lowest BCUT2D eigenvalue weighted by atomic mass is 10.3. The molecule has 9 heteroatoms. The van der Waals surface area contributed by atoms with Crippen LogP contribution in [0.5, 0.6) is 11.5 Å². The topological polar surface area (TPSA) is 52.6 Å². The summed E-state index contributed by atoms with van der Waals surface area (Å²) in [7, 11) is -4.78. The van der Waals surface area contributed by atoms with Gasteiger partial charge in [0.05, 0.1) is 7.11 Å². The molecule has 0 saturated heterocycles. The lowest BCUT2D eigenvalue weighted by molar-refractivity contribution is -0.0500. The van der Waals surface area contributed by atoms with Gasteiger partial charge in [0.15, 0.2) is 11.5 Å². The SMILES string of the molecule is COc1ccc([18F])cc1OS(=O)(=O)C(F)(F)F. The molecule has 0 unspecified atom stereocenters. The van der Waals surface area contributed by atoms with Gasteiger partial charge in [0.1, 0.15) is 5.82 Å². The smallest absolute Gasteiger partial charge is 0.493 e. The van der Waals surface area contributed by atoms with E-state index < -0.39 is 27.2 Å². The van der Waals surface area contributed by atoms with E-state index in [2.05, 4.69) is 8.92 Å². The number of alkyl halides is 3. The second kappa shape index (κ2) is 4.40. The molecule has 0 aliphatic rings. The monoisotopic (exact) mass is 273 g/mol. The fourth-order valence-corrected chi connectivity index (χ4v) is 1.34. The Labute approximate surface area is 93.9 Å². The highest BCUT2D eigenvalue weighted by molar-refractivity contribution is 7.88. The number of hydrogen-bond donors (Lipinski definition) is 0. The number of ether oxygens (including phenoxy) is 1. The van der Waals surface area contributed by atoms with E-state index in [1.807, 2.05) is 0 Å². The van der Waals surface area contributed by atoms with Crippen LogP contribution in [-0.2, 0) is 10.1 Å². The zero-order valence-corrected chi connectivity index (χ0v) is 9.10. The quantitative estimate of drug-likeness (QED) is 0.480. The molecule has 96 valence electrons. The second-order valence-electron chi connectivity index (χ2n) is 2.78. The van der Waals surface area contributed by atoms with Gasteiger partial charge in [-0.3, -0.25) is 0 Å². The number of methoxy groups -OCH3 is 1. The molecule has 0 radical (unpaired) electrons. The van der Waals surface area contributed by atoms with Gasteiger partial charge in [0.25, 0.3) is 0 Å². The van der Waals surface area contributed by atoms with E-state index in [4.69, 9.17) is 0 Å². The van der Waals surface area contributed by atoms with Crippen molar-refractivity contribution in [2.24, 2.45) is 0 Å². The minimum absolute atomic E-state index is 0.334. The molecule has 0 amide bonds. The van der Waals surface area contributed by atoms with Crippen molar-refractivity contribution in [1.29, 1.82) is 0 Å². The summed E-state index contributed by atoms with van der Waals surface area (Å²) in [6.07, 6.45) is 0. The normalized spacial score (nSPS) is 12.3. The van der Waals surface area contributed by atoms with Gasteiger partial charge >= 0.3 is 15.6 Å². The maximum absolute atomic E-state index is 12.7. The summed E-state index contributed by atoms with van der Waals surface area (Å²) in [5, 5.41) is 0. The van der Waals surface area contributed by atoms with Crippen molar-refractivity contribution in [3.8, 4) is 11.5 Å². The van der Waals surface area contributed by atoms with Gasteiger partial charge in [-0.05, 0) is 12.1 Å². The second-order valence-corrected chi connectivity index (χ2v) is 4.32. The van der Waals surface area contributed by atoms with Crippen LogP contribution in [0.25, 0.3) is 0 Å². The van der Waals surface area contributed by atoms with E-state index >= 15 is 0 Å². The molecular formula is C8H6F4O4S. The molecule has 0 spiro atoms. The fraction of sp³-hybridized carbons (Fsp3) is 0.250. The lowest BCUT2D eigenvalue weighted by Gasteiger charge is -2.11. The lowest BCUT2D eigenvalue weighted by Crippen LogP contribution is -2.28. The average Bonchev–Trinajstić information content (AvgIpc) is 2.15. The predicted octanol–water partition coefficient (Wildman–Crippen LogP) is 2.06. The Morgan fingerprint density at radius 1 is 1.18 bits per heavy atom. The van der Waals surface area contributed by atoms with Gasteiger partial charge in [0, 0.05) is 6.07 Å². The van der Waals surface area contributed by atoms with Gasteiger partial charge in [-0.2, -0.15) is 21.6 Å². The predicted molar refractivity (Wildman–Crippen MR) is 48.6 cm³/mol. The molecule has 0 aromatic heterocycles. The van der Waals surface area contributed by atoms with Crippen molar-refractivity contribution in [3.05, 3.63) is 24.0 Å². The van der Waals surface area contributed by atoms with Crippen LogP contribution >= 0.6 is 0 Å². The Hall–Kier alpha value is -1.51. The number of halogens is 4. The molecule has 0 heterocycles. The minimum Gasteiger partial charge on any atom is -0.493 e. The first-order valence-electron chi connectivity index (χ1n) is 4.01. The average molecular weight is 273 g/mol.